The zero-order valence-corrected chi connectivity index (χ0v) is 27.4. The number of carbonyl (C=O) groups is 2. The second-order valence-corrected chi connectivity index (χ2v) is 14.6. The summed E-state index contributed by atoms with van der Waals surface area (Å²) in [4.78, 5) is 31.9. The number of amides is 2. The number of nitrogens with zero attached hydrogens (tertiary/aromatic N) is 3. The third kappa shape index (κ3) is 7.73. The van der Waals surface area contributed by atoms with E-state index in [1.54, 1.807) is 48.8 Å². The van der Waals surface area contributed by atoms with Crippen LogP contribution >= 0.6 is 11.3 Å². The van der Waals surface area contributed by atoms with Gasteiger partial charge in [-0.05, 0) is 60.7 Å². The molecule has 11 nitrogen and oxygen atoms in total. The summed E-state index contributed by atoms with van der Waals surface area (Å²) in [6.07, 6.45) is -3.73. The van der Waals surface area contributed by atoms with Crippen LogP contribution in [0.1, 0.15) is 38.0 Å². The van der Waals surface area contributed by atoms with Gasteiger partial charge in [0.1, 0.15) is 0 Å². The number of aliphatic hydroxyl groups is 2. The Morgan fingerprint density at radius 3 is 2.54 bits per heavy atom. The first-order valence-electron chi connectivity index (χ1n) is 15.0. The molecule has 5 rings (SSSR count). The highest BCUT2D eigenvalue weighted by atomic mass is 32.2. The van der Waals surface area contributed by atoms with Crippen molar-refractivity contribution in [3.8, 4) is 0 Å². The summed E-state index contributed by atoms with van der Waals surface area (Å²) in [5.74, 6) is -0.663. The van der Waals surface area contributed by atoms with Crippen molar-refractivity contribution in [2.45, 2.75) is 56.4 Å². The molecule has 4 aromatic rings. The Labute approximate surface area is 272 Å². The number of hydrogen-bond acceptors (Lipinski definition) is 9. The van der Waals surface area contributed by atoms with E-state index in [0.29, 0.717) is 16.8 Å². The minimum absolute atomic E-state index is 0.0486. The van der Waals surface area contributed by atoms with Crippen LogP contribution in [0.5, 0.6) is 0 Å². The van der Waals surface area contributed by atoms with Crippen molar-refractivity contribution in [3.05, 3.63) is 89.4 Å². The lowest BCUT2D eigenvalue weighted by Crippen LogP contribution is -2.53. The lowest BCUT2D eigenvalue weighted by Gasteiger charge is -2.31. The molecule has 0 radical (unpaired) electrons. The average molecular weight is 667 g/mol. The maximum atomic E-state index is 13.9. The van der Waals surface area contributed by atoms with Gasteiger partial charge in [-0.3, -0.25) is 9.69 Å². The smallest absolute Gasteiger partial charge is 0.415 e. The van der Waals surface area contributed by atoms with E-state index in [4.69, 9.17) is 4.74 Å². The number of hydrogen-bond donors (Lipinski definition) is 3. The number of rotatable bonds is 13. The van der Waals surface area contributed by atoms with Crippen molar-refractivity contribution in [3.63, 3.8) is 0 Å². The van der Waals surface area contributed by atoms with Gasteiger partial charge < -0.3 is 20.3 Å². The second-order valence-electron chi connectivity index (χ2n) is 11.8. The van der Waals surface area contributed by atoms with E-state index >= 15 is 0 Å². The Morgan fingerprint density at radius 2 is 1.83 bits per heavy atom. The number of thiazole rings is 1. The van der Waals surface area contributed by atoms with Crippen molar-refractivity contribution in [2.24, 2.45) is 5.92 Å². The molecule has 1 aromatic heterocycles. The van der Waals surface area contributed by atoms with Crippen molar-refractivity contribution < 1.29 is 33.0 Å². The van der Waals surface area contributed by atoms with Crippen LogP contribution in [0.2, 0.25) is 0 Å². The molecule has 1 unspecified atom stereocenters. The van der Waals surface area contributed by atoms with E-state index < -0.39 is 46.4 Å². The maximum absolute atomic E-state index is 13.9. The van der Waals surface area contributed by atoms with Crippen molar-refractivity contribution in [2.75, 3.05) is 24.5 Å². The standard InChI is InChI=1S/C33H38N4O7S2/c1-21(2)17-36(46(42,43)26-12-13-27-31(16-26)45-20-34-27)18-29(39)28(14-23-8-5-4-6-9-23)35-32(40)30-19-37(33(41)44-30)25-11-7-10-24(15-25)22(3)38/h4-13,15-16,20-22,28-30,38-39H,14,17-19H2,1-3H3,(H,35,40)/t22?,28-,29+,30-/m0/s1. The highest BCUT2D eigenvalue weighted by Gasteiger charge is 2.39. The van der Waals surface area contributed by atoms with Gasteiger partial charge in [0.15, 0.2) is 6.10 Å². The number of anilines is 1. The molecule has 1 fully saturated rings. The number of benzene rings is 3. The third-order valence-electron chi connectivity index (χ3n) is 7.76. The number of aliphatic hydroxyl groups excluding tert-OH is 2. The van der Waals surface area contributed by atoms with E-state index in [0.717, 1.165) is 10.3 Å². The molecule has 0 spiro atoms. The van der Waals surface area contributed by atoms with E-state index in [2.05, 4.69) is 10.3 Å². The molecule has 1 aliphatic heterocycles. The molecule has 3 aromatic carbocycles. The van der Waals surface area contributed by atoms with Gasteiger partial charge in [0.05, 0.1) is 45.4 Å². The number of cyclic esters (lactones) is 1. The Kier molecular flexibility index (Phi) is 10.4. The molecule has 0 aliphatic carbocycles. The van der Waals surface area contributed by atoms with E-state index in [9.17, 15) is 28.2 Å². The molecule has 2 amide bonds. The lowest BCUT2D eigenvalue weighted by atomic mass is 10.0. The summed E-state index contributed by atoms with van der Waals surface area (Å²) in [6, 6.07) is 19.9. The number of aromatic nitrogens is 1. The molecule has 2 heterocycles. The highest BCUT2D eigenvalue weighted by molar-refractivity contribution is 7.89. The molecule has 4 atom stereocenters. The molecule has 13 heteroatoms. The Balaban J connectivity index is 1.36. The number of sulfonamides is 1. The first kappa shape index (κ1) is 33.5. The topological polar surface area (TPSA) is 149 Å². The summed E-state index contributed by atoms with van der Waals surface area (Å²) < 4.78 is 35.2. The average Bonchev–Trinajstić information content (AvgIpc) is 3.67. The van der Waals surface area contributed by atoms with E-state index in [1.807, 2.05) is 44.2 Å². The van der Waals surface area contributed by atoms with Crippen LogP contribution in [0, 0.1) is 5.92 Å². The highest BCUT2D eigenvalue weighted by Crippen LogP contribution is 2.27. The second kappa shape index (κ2) is 14.3. The van der Waals surface area contributed by atoms with Gasteiger partial charge in [-0.2, -0.15) is 4.31 Å². The Morgan fingerprint density at radius 1 is 1.07 bits per heavy atom. The molecule has 3 N–H and O–H groups in total. The molecule has 1 aliphatic rings. The number of nitrogens with one attached hydrogen (secondary N) is 1. The van der Waals surface area contributed by atoms with Crippen molar-refractivity contribution in [1.29, 1.82) is 0 Å². The van der Waals surface area contributed by atoms with Crippen LogP contribution < -0.4 is 10.2 Å². The molecule has 0 bridgehead atoms. The van der Waals surface area contributed by atoms with Gasteiger partial charge in [-0.1, -0.05) is 56.3 Å². The first-order chi connectivity index (χ1) is 21.9. The fraction of sp³-hybridized carbons (Fsp3) is 0.364. The van der Waals surface area contributed by atoms with Gasteiger partial charge >= 0.3 is 6.09 Å². The largest absolute Gasteiger partial charge is 0.434 e. The number of carbonyl (C=O) groups excluding carboxylic acids is 2. The minimum Gasteiger partial charge on any atom is -0.434 e. The Bertz CT molecular complexity index is 1780. The van der Waals surface area contributed by atoms with Crippen molar-refractivity contribution >= 4 is 49.3 Å². The molecule has 244 valence electrons. The molecule has 1 saturated heterocycles. The van der Waals surface area contributed by atoms with Gasteiger partial charge in [-0.15, -0.1) is 11.3 Å². The van der Waals surface area contributed by atoms with E-state index in [1.165, 1.54) is 26.6 Å². The van der Waals surface area contributed by atoms with Crippen LogP contribution in [-0.4, -0.2) is 77.8 Å². The first-order valence-corrected chi connectivity index (χ1v) is 17.4. The van der Waals surface area contributed by atoms with Crippen LogP contribution in [0.15, 0.2) is 83.2 Å². The summed E-state index contributed by atoms with van der Waals surface area (Å²) >= 11 is 1.34. The lowest BCUT2D eigenvalue weighted by molar-refractivity contribution is -0.129. The quantitative estimate of drug-likeness (QED) is 0.193. The predicted octanol–water partition coefficient (Wildman–Crippen LogP) is 4.11. The number of ether oxygens (including phenoxy) is 1. The number of fused-ring (bicyclic) bond motifs is 1. The van der Waals surface area contributed by atoms with Crippen molar-refractivity contribution in [1.82, 2.24) is 14.6 Å². The van der Waals surface area contributed by atoms with E-state index in [-0.39, 0.29) is 36.9 Å². The SMILES string of the molecule is CC(C)CN(C[C@@H](O)[C@H](Cc1ccccc1)NC(=O)[C@@H]1CN(c2cccc(C(C)O)c2)C(=O)O1)S(=O)(=O)c1ccc2ncsc2c1. The summed E-state index contributed by atoms with van der Waals surface area (Å²) in [6.45, 7) is 5.19. The van der Waals surface area contributed by atoms with Crippen LogP contribution in [0.4, 0.5) is 10.5 Å². The minimum atomic E-state index is -4.02. The van der Waals surface area contributed by atoms with Crippen LogP contribution in [-0.2, 0) is 26.0 Å². The van der Waals surface area contributed by atoms with Gasteiger partial charge in [0, 0.05) is 18.8 Å². The maximum Gasteiger partial charge on any atom is 0.415 e. The zero-order chi connectivity index (χ0) is 33.0. The predicted molar refractivity (Wildman–Crippen MR) is 176 cm³/mol. The third-order valence-corrected chi connectivity index (χ3v) is 10.4. The molecular formula is C33H38N4O7S2. The van der Waals surface area contributed by atoms with Gasteiger partial charge in [0.2, 0.25) is 10.0 Å². The van der Waals surface area contributed by atoms with Crippen LogP contribution in [0.3, 0.4) is 0 Å². The zero-order valence-electron chi connectivity index (χ0n) is 25.8. The monoisotopic (exact) mass is 666 g/mol. The summed E-state index contributed by atoms with van der Waals surface area (Å²) in [5, 5.41) is 24.4. The van der Waals surface area contributed by atoms with Gasteiger partial charge in [-0.25, -0.2) is 18.2 Å². The van der Waals surface area contributed by atoms with Gasteiger partial charge in [0.25, 0.3) is 5.91 Å². The fourth-order valence-electron chi connectivity index (χ4n) is 5.35. The van der Waals surface area contributed by atoms with Crippen LogP contribution in [0.25, 0.3) is 10.2 Å². The molecule has 46 heavy (non-hydrogen) atoms. The summed E-state index contributed by atoms with van der Waals surface area (Å²) in [7, 11) is -4.02. The summed E-state index contributed by atoms with van der Waals surface area (Å²) in [5.41, 5.74) is 4.26. The molecule has 0 saturated carbocycles. The Hall–Kier alpha value is -3.88. The normalized spacial score (nSPS) is 17.3. The fourth-order valence-corrected chi connectivity index (χ4v) is 7.79. The molecular weight excluding hydrogens is 629 g/mol.